The highest BCUT2D eigenvalue weighted by Crippen LogP contribution is 2.27. The van der Waals surface area contributed by atoms with Crippen LogP contribution in [-0.2, 0) is 21.8 Å². The van der Waals surface area contributed by atoms with E-state index in [2.05, 4.69) is 10.2 Å². The van der Waals surface area contributed by atoms with Crippen molar-refractivity contribution in [2.45, 2.75) is 18.1 Å². The predicted octanol–water partition coefficient (Wildman–Crippen LogP) is 1.02. The number of nitro groups is 1. The van der Waals surface area contributed by atoms with Crippen LogP contribution in [0.1, 0.15) is 12.8 Å². The molecule has 2 aliphatic rings. The number of morpholine rings is 1. The highest BCUT2D eigenvalue weighted by Gasteiger charge is 2.37. The average molecular weight is 436 g/mol. The molecule has 1 aromatic carbocycles. The summed E-state index contributed by atoms with van der Waals surface area (Å²) in [5.41, 5.74) is 0.713. The van der Waals surface area contributed by atoms with Crippen molar-refractivity contribution in [3.05, 3.63) is 34.4 Å². The molecule has 0 aliphatic carbocycles. The number of hydrogen-bond acceptors (Lipinski definition) is 8. The molecule has 1 unspecified atom stereocenters. The van der Waals surface area contributed by atoms with Gasteiger partial charge in [-0.1, -0.05) is 0 Å². The molecule has 0 saturated carbocycles. The number of aromatic nitrogens is 3. The number of nitrogens with zero attached hydrogens (tertiary/aromatic N) is 6. The van der Waals surface area contributed by atoms with E-state index in [-0.39, 0.29) is 5.69 Å². The van der Waals surface area contributed by atoms with E-state index in [9.17, 15) is 18.5 Å². The first-order valence-corrected chi connectivity index (χ1v) is 11.3. The number of non-ortho nitro benzene ring substituents is 1. The summed E-state index contributed by atoms with van der Waals surface area (Å²) in [6.45, 7) is 2.70. The Hall–Kier alpha value is -2.57. The van der Waals surface area contributed by atoms with Gasteiger partial charge in [0, 0.05) is 50.9 Å². The van der Waals surface area contributed by atoms with Gasteiger partial charge in [-0.05, 0) is 25.0 Å². The van der Waals surface area contributed by atoms with Crippen LogP contribution < -0.4 is 4.90 Å². The summed E-state index contributed by atoms with van der Waals surface area (Å²) in [7, 11) is -1.60. The standard InChI is InChI=1S/C18H24N6O5S/c1-21-17(14-4-6-15(7-5-14)24(25)26)19-20-18(21)22-8-2-3-16(13-22)30(27,28)23-9-11-29-12-10-23/h4-7,16H,2-3,8-13H2,1H3. The van der Waals surface area contributed by atoms with Gasteiger partial charge >= 0.3 is 0 Å². The molecule has 2 aliphatic heterocycles. The lowest BCUT2D eigenvalue weighted by atomic mass is 10.1. The second kappa shape index (κ2) is 8.28. The number of ether oxygens (including phenoxy) is 1. The van der Waals surface area contributed by atoms with E-state index >= 15 is 0 Å². The maximum absolute atomic E-state index is 13.1. The molecule has 0 spiro atoms. The number of sulfonamides is 1. The molecule has 0 bridgehead atoms. The van der Waals surface area contributed by atoms with E-state index in [0.29, 0.717) is 63.1 Å². The molecule has 1 aromatic heterocycles. The molecule has 4 rings (SSSR count). The fourth-order valence-corrected chi connectivity index (χ4v) is 5.87. The summed E-state index contributed by atoms with van der Waals surface area (Å²) in [5, 5.41) is 18.9. The molecular weight excluding hydrogens is 412 g/mol. The van der Waals surface area contributed by atoms with E-state index in [1.54, 1.807) is 16.7 Å². The first-order valence-electron chi connectivity index (χ1n) is 9.84. The van der Waals surface area contributed by atoms with Crippen molar-refractivity contribution in [1.82, 2.24) is 19.1 Å². The molecule has 0 amide bonds. The molecule has 30 heavy (non-hydrogen) atoms. The summed E-state index contributed by atoms with van der Waals surface area (Å²) in [4.78, 5) is 12.4. The average Bonchev–Trinajstić information content (AvgIpc) is 3.16. The van der Waals surface area contributed by atoms with Gasteiger partial charge in [-0.3, -0.25) is 14.7 Å². The second-order valence-corrected chi connectivity index (χ2v) is 9.67. The van der Waals surface area contributed by atoms with Crippen molar-refractivity contribution in [2.75, 3.05) is 44.3 Å². The van der Waals surface area contributed by atoms with Crippen molar-refractivity contribution in [2.24, 2.45) is 7.05 Å². The minimum absolute atomic E-state index is 0.00772. The molecule has 0 N–H and O–H groups in total. The van der Waals surface area contributed by atoms with Crippen LogP contribution in [0.3, 0.4) is 0 Å². The molecule has 11 nitrogen and oxygen atoms in total. The largest absolute Gasteiger partial charge is 0.379 e. The summed E-state index contributed by atoms with van der Waals surface area (Å²) in [6.07, 6.45) is 1.36. The molecular formula is C18H24N6O5S. The number of benzene rings is 1. The molecule has 162 valence electrons. The van der Waals surface area contributed by atoms with Crippen LogP contribution >= 0.6 is 0 Å². The van der Waals surface area contributed by atoms with Crippen molar-refractivity contribution < 1.29 is 18.1 Å². The number of anilines is 1. The third kappa shape index (κ3) is 3.89. The topological polar surface area (TPSA) is 124 Å². The molecule has 3 heterocycles. The van der Waals surface area contributed by atoms with E-state index in [0.717, 1.165) is 6.42 Å². The van der Waals surface area contributed by atoms with Crippen molar-refractivity contribution in [3.63, 3.8) is 0 Å². The van der Waals surface area contributed by atoms with Gasteiger partial charge in [0.25, 0.3) is 5.69 Å². The van der Waals surface area contributed by atoms with Crippen LogP contribution in [0.2, 0.25) is 0 Å². The van der Waals surface area contributed by atoms with Crippen molar-refractivity contribution in [3.8, 4) is 11.4 Å². The normalized spacial score (nSPS) is 21.0. The van der Waals surface area contributed by atoms with Gasteiger partial charge in [-0.25, -0.2) is 8.42 Å². The summed E-state index contributed by atoms with van der Waals surface area (Å²) in [5.74, 6) is 1.16. The first-order chi connectivity index (χ1) is 14.4. The van der Waals surface area contributed by atoms with Crippen LogP contribution in [0.5, 0.6) is 0 Å². The maximum atomic E-state index is 13.1. The van der Waals surface area contributed by atoms with E-state index in [4.69, 9.17) is 4.74 Å². The van der Waals surface area contributed by atoms with Crippen molar-refractivity contribution in [1.29, 1.82) is 0 Å². The van der Waals surface area contributed by atoms with Gasteiger partial charge < -0.3 is 9.64 Å². The van der Waals surface area contributed by atoms with Gasteiger partial charge in [0.2, 0.25) is 16.0 Å². The quantitative estimate of drug-likeness (QED) is 0.503. The number of rotatable bonds is 5. The molecule has 2 fully saturated rings. The highest BCUT2D eigenvalue weighted by atomic mass is 32.2. The number of nitro benzene ring substituents is 1. The van der Waals surface area contributed by atoms with Gasteiger partial charge in [0.15, 0.2) is 5.82 Å². The van der Waals surface area contributed by atoms with Crippen LogP contribution in [-0.4, -0.2) is 77.1 Å². The minimum atomic E-state index is -3.41. The molecule has 1 atom stereocenters. The highest BCUT2D eigenvalue weighted by molar-refractivity contribution is 7.89. The van der Waals surface area contributed by atoms with E-state index in [1.807, 2.05) is 11.9 Å². The molecule has 0 radical (unpaired) electrons. The lowest BCUT2D eigenvalue weighted by Crippen LogP contribution is -2.51. The Labute approximate surface area is 174 Å². The predicted molar refractivity (Wildman–Crippen MR) is 110 cm³/mol. The Balaban J connectivity index is 1.53. The van der Waals surface area contributed by atoms with E-state index < -0.39 is 20.2 Å². The Morgan fingerprint density at radius 2 is 1.83 bits per heavy atom. The van der Waals surface area contributed by atoms with Gasteiger partial charge in [0.05, 0.1) is 23.4 Å². The Morgan fingerprint density at radius 1 is 1.13 bits per heavy atom. The summed E-state index contributed by atoms with van der Waals surface area (Å²) < 4.78 is 34.7. The first kappa shape index (κ1) is 20.7. The SMILES string of the molecule is Cn1c(-c2ccc([N+](=O)[O-])cc2)nnc1N1CCCC(S(=O)(=O)N2CCOCC2)C1. The zero-order valence-corrected chi connectivity index (χ0v) is 17.5. The molecule has 2 saturated heterocycles. The van der Waals surface area contributed by atoms with Gasteiger partial charge in [0.1, 0.15) is 0 Å². The molecule has 2 aromatic rings. The fraction of sp³-hybridized carbons (Fsp3) is 0.556. The number of hydrogen-bond donors (Lipinski definition) is 0. The minimum Gasteiger partial charge on any atom is -0.379 e. The van der Waals surface area contributed by atoms with Crippen LogP contribution in [0.15, 0.2) is 24.3 Å². The van der Waals surface area contributed by atoms with Crippen LogP contribution in [0.4, 0.5) is 11.6 Å². The van der Waals surface area contributed by atoms with Crippen LogP contribution in [0.25, 0.3) is 11.4 Å². The van der Waals surface area contributed by atoms with Crippen LogP contribution in [0, 0.1) is 10.1 Å². The Morgan fingerprint density at radius 3 is 2.50 bits per heavy atom. The van der Waals surface area contributed by atoms with E-state index in [1.165, 1.54) is 16.4 Å². The maximum Gasteiger partial charge on any atom is 0.269 e. The van der Waals surface area contributed by atoms with Gasteiger partial charge in [-0.2, -0.15) is 4.31 Å². The Kier molecular flexibility index (Phi) is 5.71. The monoisotopic (exact) mass is 436 g/mol. The zero-order chi connectivity index (χ0) is 21.3. The Bertz CT molecular complexity index is 1020. The lowest BCUT2D eigenvalue weighted by Gasteiger charge is -2.36. The third-order valence-electron chi connectivity index (χ3n) is 5.60. The molecule has 12 heteroatoms. The number of piperidine rings is 1. The summed E-state index contributed by atoms with van der Waals surface area (Å²) in [6, 6.07) is 6.12. The van der Waals surface area contributed by atoms with Crippen molar-refractivity contribution >= 4 is 21.7 Å². The smallest absolute Gasteiger partial charge is 0.269 e. The third-order valence-corrected chi connectivity index (χ3v) is 7.91. The summed E-state index contributed by atoms with van der Waals surface area (Å²) >= 11 is 0. The fourth-order valence-electron chi connectivity index (χ4n) is 3.95. The van der Waals surface area contributed by atoms with Gasteiger partial charge in [-0.15, -0.1) is 10.2 Å². The zero-order valence-electron chi connectivity index (χ0n) is 16.7. The second-order valence-electron chi connectivity index (χ2n) is 7.45. The lowest BCUT2D eigenvalue weighted by molar-refractivity contribution is -0.384.